The highest BCUT2D eigenvalue weighted by Crippen LogP contribution is 2.29. The number of carbonyl (C=O) groups is 2. The van der Waals surface area contributed by atoms with Crippen LogP contribution >= 0.6 is 0 Å². The van der Waals surface area contributed by atoms with Crippen LogP contribution in [0.2, 0.25) is 0 Å². The van der Waals surface area contributed by atoms with E-state index in [0.29, 0.717) is 22.5 Å². The van der Waals surface area contributed by atoms with Crippen LogP contribution in [0.4, 0.5) is 5.69 Å². The van der Waals surface area contributed by atoms with Gasteiger partial charge >= 0.3 is 0 Å². The van der Waals surface area contributed by atoms with E-state index in [1.54, 1.807) is 30.1 Å². The molecule has 31 heavy (non-hydrogen) atoms. The molecular formula is C22H18N6O3. The monoisotopic (exact) mass is 414 g/mol. The van der Waals surface area contributed by atoms with Gasteiger partial charge in [0.2, 0.25) is 5.82 Å². The Kier molecular flexibility index (Phi) is 4.55. The topological polar surface area (TPSA) is 102 Å². The minimum absolute atomic E-state index is 0.0100. The summed E-state index contributed by atoms with van der Waals surface area (Å²) in [6.45, 7) is 0.0100. The van der Waals surface area contributed by atoms with E-state index in [1.165, 1.54) is 11.1 Å². The van der Waals surface area contributed by atoms with Gasteiger partial charge in [0.25, 0.3) is 11.8 Å². The Morgan fingerprint density at radius 2 is 1.87 bits per heavy atom. The van der Waals surface area contributed by atoms with Crippen LogP contribution in [0.25, 0.3) is 16.7 Å². The number of hydrogen-bond acceptors (Lipinski definition) is 6. The number of anilines is 1. The molecule has 2 aromatic heterocycles. The van der Waals surface area contributed by atoms with Crippen LogP contribution < -0.4 is 15.0 Å². The van der Waals surface area contributed by atoms with Crippen molar-refractivity contribution in [1.82, 2.24) is 25.1 Å². The molecule has 0 saturated heterocycles. The first-order valence-electron chi connectivity index (χ1n) is 9.68. The maximum absolute atomic E-state index is 12.9. The fourth-order valence-electron chi connectivity index (χ4n) is 3.46. The average molecular weight is 414 g/mol. The fraction of sp³-hybridized carbons (Fsp3) is 0.136. The second-order valence-electron chi connectivity index (χ2n) is 7.07. The molecule has 0 unspecified atom stereocenters. The van der Waals surface area contributed by atoms with Crippen molar-refractivity contribution in [3.63, 3.8) is 0 Å². The van der Waals surface area contributed by atoms with Crippen LogP contribution in [0, 0.1) is 0 Å². The molecule has 0 fully saturated rings. The van der Waals surface area contributed by atoms with Gasteiger partial charge in [0, 0.05) is 13.2 Å². The van der Waals surface area contributed by atoms with Crippen LogP contribution in [-0.4, -0.2) is 51.3 Å². The Labute approximate surface area is 177 Å². The summed E-state index contributed by atoms with van der Waals surface area (Å²) in [4.78, 5) is 35.7. The van der Waals surface area contributed by atoms with Crippen LogP contribution in [-0.2, 0) is 4.79 Å². The van der Waals surface area contributed by atoms with Gasteiger partial charge in [0.15, 0.2) is 5.65 Å². The highest BCUT2D eigenvalue weighted by atomic mass is 16.5. The molecular weight excluding hydrogens is 396 g/mol. The number of rotatable bonds is 3. The van der Waals surface area contributed by atoms with E-state index < -0.39 is 11.9 Å². The number of carbonyl (C=O) groups excluding carboxylic acids is 2. The lowest BCUT2D eigenvalue weighted by molar-refractivity contribution is -0.120. The summed E-state index contributed by atoms with van der Waals surface area (Å²) < 4.78 is 7.38. The summed E-state index contributed by atoms with van der Waals surface area (Å²) in [5.41, 5.74) is 1.96. The third-order valence-electron chi connectivity index (χ3n) is 5.08. The SMILES string of the molecule is CN1C(=O)[C@@H](NC(=O)c2ncc3cnn(-c4ccccc4)c3n2)COc2ccccc21. The highest BCUT2D eigenvalue weighted by molar-refractivity contribution is 6.02. The minimum Gasteiger partial charge on any atom is -0.489 e. The molecule has 4 aromatic rings. The van der Waals surface area contributed by atoms with E-state index in [-0.39, 0.29) is 18.3 Å². The molecule has 0 bridgehead atoms. The largest absolute Gasteiger partial charge is 0.489 e. The Morgan fingerprint density at radius 1 is 1.10 bits per heavy atom. The molecule has 9 nitrogen and oxygen atoms in total. The maximum Gasteiger partial charge on any atom is 0.289 e. The Hall–Kier alpha value is -4.27. The normalized spacial score (nSPS) is 15.8. The number of nitrogens with zero attached hydrogens (tertiary/aromatic N) is 5. The van der Waals surface area contributed by atoms with Gasteiger partial charge in [-0.05, 0) is 24.3 Å². The van der Waals surface area contributed by atoms with Crippen molar-refractivity contribution < 1.29 is 14.3 Å². The predicted molar refractivity (Wildman–Crippen MR) is 113 cm³/mol. The van der Waals surface area contributed by atoms with Crippen molar-refractivity contribution in [2.45, 2.75) is 6.04 Å². The molecule has 2 aromatic carbocycles. The maximum atomic E-state index is 12.9. The number of ether oxygens (including phenoxy) is 1. The molecule has 9 heteroatoms. The van der Waals surface area contributed by atoms with Crippen molar-refractivity contribution >= 4 is 28.5 Å². The smallest absolute Gasteiger partial charge is 0.289 e. The van der Waals surface area contributed by atoms with Gasteiger partial charge < -0.3 is 15.0 Å². The number of benzene rings is 2. The van der Waals surface area contributed by atoms with Crippen molar-refractivity contribution in [2.24, 2.45) is 0 Å². The Bertz CT molecular complexity index is 1290. The zero-order valence-electron chi connectivity index (χ0n) is 16.6. The van der Waals surface area contributed by atoms with Crippen LogP contribution in [0.3, 0.4) is 0 Å². The van der Waals surface area contributed by atoms with E-state index in [0.717, 1.165) is 5.69 Å². The Balaban J connectivity index is 1.41. The van der Waals surface area contributed by atoms with E-state index in [1.807, 2.05) is 42.5 Å². The number of amides is 2. The van der Waals surface area contributed by atoms with Crippen molar-refractivity contribution in [3.8, 4) is 11.4 Å². The van der Waals surface area contributed by atoms with Gasteiger partial charge in [0.05, 0.1) is 23.0 Å². The zero-order valence-corrected chi connectivity index (χ0v) is 16.6. The summed E-state index contributed by atoms with van der Waals surface area (Å²) in [6, 6.07) is 15.8. The van der Waals surface area contributed by atoms with E-state index in [2.05, 4.69) is 20.4 Å². The number of likely N-dealkylation sites (N-methyl/N-ethyl adjacent to an activating group) is 1. The van der Waals surface area contributed by atoms with Crippen molar-refractivity contribution in [1.29, 1.82) is 0 Å². The third-order valence-corrected chi connectivity index (χ3v) is 5.08. The van der Waals surface area contributed by atoms with Gasteiger partial charge in [-0.15, -0.1) is 0 Å². The first kappa shape index (κ1) is 18.7. The molecule has 0 radical (unpaired) electrons. The molecule has 0 saturated carbocycles. The first-order valence-corrected chi connectivity index (χ1v) is 9.68. The van der Waals surface area contributed by atoms with Crippen molar-refractivity contribution in [2.75, 3.05) is 18.6 Å². The van der Waals surface area contributed by atoms with E-state index in [4.69, 9.17) is 4.74 Å². The molecule has 1 aliphatic heterocycles. The summed E-state index contributed by atoms with van der Waals surface area (Å²) in [5, 5.41) is 7.74. The van der Waals surface area contributed by atoms with Gasteiger partial charge in [-0.1, -0.05) is 30.3 Å². The second-order valence-corrected chi connectivity index (χ2v) is 7.07. The Morgan fingerprint density at radius 3 is 2.71 bits per heavy atom. The number of para-hydroxylation sites is 3. The van der Waals surface area contributed by atoms with Crippen LogP contribution in [0.5, 0.6) is 5.75 Å². The predicted octanol–water partition coefficient (Wildman–Crippen LogP) is 1.97. The molecule has 0 spiro atoms. The van der Waals surface area contributed by atoms with Gasteiger partial charge in [0.1, 0.15) is 18.4 Å². The molecule has 1 aliphatic rings. The summed E-state index contributed by atoms with van der Waals surface area (Å²) >= 11 is 0. The number of nitrogens with one attached hydrogen (secondary N) is 1. The van der Waals surface area contributed by atoms with Crippen molar-refractivity contribution in [3.05, 3.63) is 72.8 Å². The van der Waals surface area contributed by atoms with Gasteiger partial charge in [-0.2, -0.15) is 5.10 Å². The first-order chi connectivity index (χ1) is 15.1. The molecule has 1 atom stereocenters. The van der Waals surface area contributed by atoms with Crippen LogP contribution in [0.1, 0.15) is 10.6 Å². The number of hydrogen-bond donors (Lipinski definition) is 1. The van der Waals surface area contributed by atoms with E-state index in [9.17, 15) is 9.59 Å². The fourth-order valence-corrected chi connectivity index (χ4v) is 3.46. The molecule has 154 valence electrons. The van der Waals surface area contributed by atoms with Gasteiger partial charge in [-0.3, -0.25) is 9.59 Å². The minimum atomic E-state index is -0.872. The summed E-state index contributed by atoms with van der Waals surface area (Å²) in [7, 11) is 1.65. The number of aromatic nitrogens is 4. The quantitative estimate of drug-likeness (QED) is 0.550. The summed E-state index contributed by atoms with van der Waals surface area (Å²) in [5.74, 6) is -0.320. The lowest BCUT2D eigenvalue weighted by Crippen LogP contribution is -2.49. The molecule has 2 amide bonds. The average Bonchev–Trinajstić information content (AvgIpc) is 3.20. The lowest BCUT2D eigenvalue weighted by atomic mass is 10.2. The van der Waals surface area contributed by atoms with E-state index >= 15 is 0 Å². The highest BCUT2D eigenvalue weighted by Gasteiger charge is 2.31. The van der Waals surface area contributed by atoms with Crippen LogP contribution in [0.15, 0.2) is 67.0 Å². The zero-order chi connectivity index (χ0) is 21.4. The summed E-state index contributed by atoms with van der Waals surface area (Å²) in [6.07, 6.45) is 3.18. The molecule has 0 aliphatic carbocycles. The molecule has 3 heterocycles. The standard InChI is InChI=1S/C22H18N6O3/c1-27-17-9-5-6-10-18(17)31-13-16(22(27)30)25-21(29)19-23-11-14-12-24-28(20(14)26-19)15-7-3-2-4-8-15/h2-12,16H,13H2,1H3,(H,25,29)/t16-/m0/s1. The molecule has 5 rings (SSSR count). The number of fused-ring (bicyclic) bond motifs is 2. The lowest BCUT2D eigenvalue weighted by Gasteiger charge is -2.20. The second kappa shape index (κ2) is 7.52. The molecule has 1 N–H and O–H groups in total. The third kappa shape index (κ3) is 3.35. The van der Waals surface area contributed by atoms with Gasteiger partial charge in [-0.25, -0.2) is 14.6 Å².